The predicted octanol–water partition coefficient (Wildman–Crippen LogP) is 2.75. The van der Waals surface area contributed by atoms with Crippen molar-refractivity contribution in [2.45, 2.75) is 51.6 Å². The molecule has 3 rings (SSSR count). The van der Waals surface area contributed by atoms with Gasteiger partial charge in [-0.1, -0.05) is 13.8 Å². The molecule has 3 heterocycles. The van der Waals surface area contributed by atoms with Crippen LogP contribution in [0.4, 0.5) is 5.82 Å². The second-order valence-electron chi connectivity index (χ2n) is 6.16. The fourth-order valence-corrected chi connectivity index (χ4v) is 3.66. The van der Waals surface area contributed by atoms with Crippen LogP contribution in [0, 0.1) is 23.2 Å². The van der Waals surface area contributed by atoms with E-state index in [1.807, 2.05) is 12.1 Å². The topological polar surface area (TPSA) is 52.8 Å². The van der Waals surface area contributed by atoms with Crippen LogP contribution < -0.4 is 4.90 Å². The third-order valence-electron chi connectivity index (χ3n) is 4.74. The fraction of sp³-hybridized carbons (Fsp3) is 0.667. The van der Waals surface area contributed by atoms with Crippen molar-refractivity contribution in [2.75, 3.05) is 4.90 Å². The summed E-state index contributed by atoms with van der Waals surface area (Å²) in [6, 6.07) is 6.99. The zero-order chi connectivity index (χ0) is 13.4. The van der Waals surface area contributed by atoms with Crippen LogP contribution in [0.2, 0.25) is 0 Å². The Hall–Kier alpha value is -1.63. The highest BCUT2D eigenvalue weighted by Crippen LogP contribution is 2.42. The van der Waals surface area contributed by atoms with E-state index in [1.165, 1.54) is 25.7 Å². The number of hydrogen-bond acceptors (Lipinski definition) is 4. The smallest absolute Gasteiger partial charge is 0.163 e. The van der Waals surface area contributed by atoms with E-state index in [9.17, 15) is 0 Å². The van der Waals surface area contributed by atoms with E-state index in [0.717, 1.165) is 17.7 Å². The highest BCUT2D eigenvalue weighted by atomic mass is 15.3. The van der Waals surface area contributed by atoms with Crippen LogP contribution >= 0.6 is 0 Å². The summed E-state index contributed by atoms with van der Waals surface area (Å²) in [6.07, 6.45) is 5.09. The Balaban J connectivity index is 1.81. The van der Waals surface area contributed by atoms with Gasteiger partial charge in [0, 0.05) is 12.1 Å². The highest BCUT2D eigenvalue weighted by molar-refractivity contribution is 5.44. The third-order valence-corrected chi connectivity index (χ3v) is 4.74. The van der Waals surface area contributed by atoms with Crippen LogP contribution in [0.5, 0.6) is 0 Å². The number of anilines is 1. The number of nitriles is 1. The first-order valence-corrected chi connectivity index (χ1v) is 7.21. The molecule has 2 aliphatic rings. The van der Waals surface area contributed by atoms with Crippen LogP contribution in [-0.2, 0) is 0 Å². The maximum Gasteiger partial charge on any atom is 0.163 e. The molecule has 1 aromatic rings. The van der Waals surface area contributed by atoms with Crippen LogP contribution in [0.3, 0.4) is 0 Å². The van der Waals surface area contributed by atoms with Crippen molar-refractivity contribution in [3.8, 4) is 6.07 Å². The quantitative estimate of drug-likeness (QED) is 0.816. The van der Waals surface area contributed by atoms with E-state index in [1.54, 1.807) is 6.07 Å². The van der Waals surface area contributed by atoms with Gasteiger partial charge in [-0.25, -0.2) is 0 Å². The standard InChI is InChI=1S/C15H20N4/c1-10(2)11-7-13-4-5-14(8-11)19(13)15-6-3-12(9-16)17-18-15/h3,6,10-11,13-14H,4-5,7-8H2,1-2H3/t11-,13-,14+. The van der Waals surface area contributed by atoms with E-state index >= 15 is 0 Å². The van der Waals surface area contributed by atoms with Crippen LogP contribution in [-0.4, -0.2) is 22.3 Å². The maximum absolute atomic E-state index is 8.78. The highest BCUT2D eigenvalue weighted by Gasteiger charge is 2.42. The lowest BCUT2D eigenvalue weighted by molar-refractivity contribution is 0.266. The second kappa shape index (κ2) is 4.80. The van der Waals surface area contributed by atoms with Gasteiger partial charge in [-0.15, -0.1) is 10.2 Å². The zero-order valence-corrected chi connectivity index (χ0v) is 11.6. The van der Waals surface area contributed by atoms with Crippen LogP contribution in [0.15, 0.2) is 12.1 Å². The number of hydrogen-bond donors (Lipinski definition) is 0. The molecular weight excluding hydrogens is 236 g/mol. The lowest BCUT2D eigenvalue weighted by Gasteiger charge is -2.41. The van der Waals surface area contributed by atoms with Crippen molar-refractivity contribution < 1.29 is 0 Å². The van der Waals surface area contributed by atoms with Crippen molar-refractivity contribution >= 4 is 5.82 Å². The van der Waals surface area contributed by atoms with Crippen molar-refractivity contribution in [3.63, 3.8) is 0 Å². The van der Waals surface area contributed by atoms with Gasteiger partial charge in [-0.2, -0.15) is 5.26 Å². The monoisotopic (exact) mass is 256 g/mol. The number of rotatable bonds is 2. The second-order valence-corrected chi connectivity index (χ2v) is 6.16. The van der Waals surface area contributed by atoms with Crippen LogP contribution in [0.1, 0.15) is 45.2 Å². The molecular formula is C15H20N4. The third kappa shape index (κ3) is 2.18. The minimum absolute atomic E-state index is 0.396. The molecule has 4 nitrogen and oxygen atoms in total. The molecule has 0 aromatic carbocycles. The van der Waals surface area contributed by atoms with E-state index in [4.69, 9.17) is 5.26 Å². The molecule has 0 aliphatic carbocycles. The summed E-state index contributed by atoms with van der Waals surface area (Å²) >= 11 is 0. The van der Waals surface area contributed by atoms with Gasteiger partial charge in [0.25, 0.3) is 0 Å². The Morgan fingerprint density at radius 1 is 1.21 bits per heavy atom. The molecule has 3 atom stereocenters. The van der Waals surface area contributed by atoms with Gasteiger partial charge < -0.3 is 4.90 Å². The lowest BCUT2D eigenvalue weighted by atomic mass is 9.82. The van der Waals surface area contributed by atoms with Gasteiger partial charge in [-0.3, -0.25) is 0 Å². The summed E-state index contributed by atoms with van der Waals surface area (Å²) in [4.78, 5) is 2.45. The molecule has 1 aromatic heterocycles. The average molecular weight is 256 g/mol. The first kappa shape index (κ1) is 12.4. The molecule has 0 unspecified atom stereocenters. The maximum atomic E-state index is 8.78. The van der Waals surface area contributed by atoms with Crippen LogP contribution in [0.25, 0.3) is 0 Å². The van der Waals surface area contributed by atoms with Gasteiger partial charge in [0.05, 0.1) is 0 Å². The molecule has 2 aliphatic heterocycles. The summed E-state index contributed by atoms with van der Waals surface area (Å²) < 4.78 is 0. The van der Waals surface area contributed by atoms with E-state index < -0.39 is 0 Å². The normalized spacial score (nSPS) is 29.6. The number of aromatic nitrogens is 2. The molecule has 2 saturated heterocycles. The van der Waals surface area contributed by atoms with Gasteiger partial charge in [-0.05, 0) is 49.7 Å². The minimum atomic E-state index is 0.396. The van der Waals surface area contributed by atoms with Gasteiger partial charge in [0.15, 0.2) is 11.5 Å². The average Bonchev–Trinajstić information content (AvgIpc) is 2.68. The number of fused-ring (bicyclic) bond motifs is 2. The largest absolute Gasteiger partial charge is 0.349 e. The first-order valence-electron chi connectivity index (χ1n) is 7.21. The van der Waals surface area contributed by atoms with E-state index in [-0.39, 0.29) is 0 Å². The van der Waals surface area contributed by atoms with E-state index in [0.29, 0.717) is 17.8 Å². The molecule has 2 bridgehead atoms. The Morgan fingerprint density at radius 3 is 2.37 bits per heavy atom. The van der Waals surface area contributed by atoms with Gasteiger partial charge in [0.1, 0.15) is 6.07 Å². The lowest BCUT2D eigenvalue weighted by Crippen LogP contribution is -2.44. The Kier molecular flexibility index (Phi) is 3.14. The Bertz CT molecular complexity index is 474. The minimum Gasteiger partial charge on any atom is -0.349 e. The molecule has 0 spiro atoms. The SMILES string of the molecule is CC(C)[C@@H]1C[C@H]2CC[C@@H](C1)N2c1ccc(C#N)nn1. The molecule has 0 amide bonds. The number of nitrogens with zero attached hydrogens (tertiary/aromatic N) is 4. The molecule has 100 valence electrons. The molecule has 2 fully saturated rings. The summed E-state index contributed by atoms with van der Waals surface area (Å²) in [5.74, 6) is 2.58. The fourth-order valence-electron chi connectivity index (χ4n) is 3.66. The Labute approximate surface area is 114 Å². The summed E-state index contributed by atoms with van der Waals surface area (Å²) in [6.45, 7) is 4.67. The van der Waals surface area contributed by atoms with Crippen molar-refractivity contribution in [1.82, 2.24) is 10.2 Å². The van der Waals surface area contributed by atoms with Crippen molar-refractivity contribution in [1.29, 1.82) is 5.26 Å². The van der Waals surface area contributed by atoms with Crippen molar-refractivity contribution in [3.05, 3.63) is 17.8 Å². The summed E-state index contributed by atoms with van der Waals surface area (Å²) in [5.41, 5.74) is 0.396. The van der Waals surface area contributed by atoms with Gasteiger partial charge in [0.2, 0.25) is 0 Å². The predicted molar refractivity (Wildman–Crippen MR) is 73.6 cm³/mol. The molecule has 0 radical (unpaired) electrons. The molecule has 0 N–H and O–H groups in total. The number of piperidine rings is 1. The van der Waals surface area contributed by atoms with Gasteiger partial charge >= 0.3 is 0 Å². The first-order chi connectivity index (χ1) is 9.19. The Morgan fingerprint density at radius 2 is 1.89 bits per heavy atom. The summed E-state index contributed by atoms with van der Waals surface area (Å²) in [5, 5.41) is 17.0. The van der Waals surface area contributed by atoms with Crippen molar-refractivity contribution in [2.24, 2.45) is 11.8 Å². The zero-order valence-electron chi connectivity index (χ0n) is 11.6. The molecule has 0 saturated carbocycles. The molecule has 19 heavy (non-hydrogen) atoms. The summed E-state index contributed by atoms with van der Waals surface area (Å²) in [7, 11) is 0. The van der Waals surface area contributed by atoms with E-state index in [2.05, 4.69) is 28.9 Å². The molecule has 4 heteroatoms.